The summed E-state index contributed by atoms with van der Waals surface area (Å²) in [5, 5.41) is 2.75. The van der Waals surface area contributed by atoms with Crippen LogP contribution in [0.3, 0.4) is 0 Å². The lowest BCUT2D eigenvalue weighted by Gasteiger charge is -2.28. The molecule has 9 heteroatoms. The van der Waals surface area contributed by atoms with Gasteiger partial charge < -0.3 is 10.1 Å². The number of carbonyl (C=O) groups is 4. The average Bonchev–Trinajstić information content (AvgIpc) is 3.33. The zero-order chi connectivity index (χ0) is 22.6. The molecule has 7 nitrogen and oxygen atoms in total. The molecular weight excluding hydrogens is 532 g/mol. The van der Waals surface area contributed by atoms with Gasteiger partial charge in [-0.3, -0.25) is 19.3 Å². The van der Waals surface area contributed by atoms with Gasteiger partial charge in [-0.25, -0.2) is 4.79 Å². The molecule has 1 heterocycles. The Balaban J connectivity index is 1.38. The number of hydrogen-bond donors (Lipinski definition) is 1. The molecule has 3 fully saturated rings. The van der Waals surface area contributed by atoms with Crippen LogP contribution in [0.15, 0.2) is 18.2 Å². The lowest BCUT2D eigenvalue weighted by Crippen LogP contribution is -2.45. The van der Waals surface area contributed by atoms with E-state index in [0.717, 1.165) is 22.4 Å². The van der Waals surface area contributed by atoms with Gasteiger partial charge in [-0.1, -0.05) is 50.1 Å². The Morgan fingerprint density at radius 3 is 2.13 bits per heavy atom. The molecule has 1 aromatic carbocycles. The van der Waals surface area contributed by atoms with E-state index < -0.39 is 36.4 Å². The van der Waals surface area contributed by atoms with Crippen molar-refractivity contribution >= 4 is 61.2 Å². The van der Waals surface area contributed by atoms with E-state index in [1.807, 2.05) is 32.0 Å². The molecule has 7 atom stereocenters. The zero-order valence-electron chi connectivity index (χ0n) is 17.4. The number of imide groups is 1. The third kappa shape index (κ3) is 3.63. The topological polar surface area (TPSA) is 92.8 Å². The number of amides is 3. The summed E-state index contributed by atoms with van der Waals surface area (Å²) < 4.78 is 5.14. The van der Waals surface area contributed by atoms with Crippen LogP contribution in [0.25, 0.3) is 0 Å². The maximum atomic E-state index is 13.0. The standard InChI is InChI=1S/C22H24Br2N2O5/c1-9-5-4-6-10(2)19(9)25-14(27)8-31-22(30)11(3)26-20(28)15-12-7-13(16(15)21(26)29)18(24)17(12)23/h4-6,11-13,15-18H,7-8H2,1-3H3,(H,25,27)/t11-,12+,13+,15-,16+,17-,18-/m0/s1. The normalized spacial score (nSPS) is 32.2. The third-order valence-corrected chi connectivity index (χ3v) is 10.0. The number of rotatable bonds is 5. The van der Waals surface area contributed by atoms with Gasteiger partial charge >= 0.3 is 5.97 Å². The van der Waals surface area contributed by atoms with E-state index in [1.54, 1.807) is 0 Å². The van der Waals surface area contributed by atoms with Gasteiger partial charge in [-0.05, 0) is 50.2 Å². The highest BCUT2D eigenvalue weighted by Gasteiger charge is 2.67. The molecule has 4 rings (SSSR count). The van der Waals surface area contributed by atoms with Crippen molar-refractivity contribution in [3.8, 4) is 0 Å². The molecule has 1 aliphatic heterocycles. The number of ether oxygens (including phenoxy) is 1. The summed E-state index contributed by atoms with van der Waals surface area (Å²) in [6.45, 7) is 4.74. The number of aryl methyl sites for hydroxylation is 2. The molecule has 0 radical (unpaired) electrons. The molecule has 1 saturated heterocycles. The number of carbonyl (C=O) groups excluding carboxylic acids is 4. The zero-order valence-corrected chi connectivity index (χ0v) is 20.6. The number of nitrogens with zero attached hydrogens (tertiary/aromatic N) is 1. The number of para-hydroxylation sites is 1. The number of halogens is 2. The minimum absolute atomic E-state index is 0.0761. The molecule has 1 aromatic rings. The summed E-state index contributed by atoms with van der Waals surface area (Å²) in [7, 11) is 0. The Morgan fingerprint density at radius 1 is 1.10 bits per heavy atom. The first kappa shape index (κ1) is 22.5. The van der Waals surface area contributed by atoms with E-state index in [4.69, 9.17) is 4.74 Å². The van der Waals surface area contributed by atoms with Crippen LogP contribution >= 0.6 is 31.9 Å². The molecule has 166 valence electrons. The Morgan fingerprint density at radius 2 is 1.61 bits per heavy atom. The molecule has 31 heavy (non-hydrogen) atoms. The number of nitrogens with one attached hydrogen (secondary N) is 1. The van der Waals surface area contributed by atoms with Crippen molar-refractivity contribution in [1.29, 1.82) is 0 Å². The quantitative estimate of drug-likeness (QED) is 0.342. The Bertz CT molecular complexity index is 915. The molecule has 1 N–H and O–H groups in total. The Kier molecular flexibility index (Phi) is 6.02. The highest BCUT2D eigenvalue weighted by molar-refractivity contribution is 9.12. The first-order valence-electron chi connectivity index (χ1n) is 10.3. The van der Waals surface area contributed by atoms with Gasteiger partial charge in [-0.15, -0.1) is 0 Å². The van der Waals surface area contributed by atoms with E-state index in [1.165, 1.54) is 6.92 Å². The van der Waals surface area contributed by atoms with Gasteiger partial charge in [0, 0.05) is 15.3 Å². The summed E-state index contributed by atoms with van der Waals surface area (Å²) in [4.78, 5) is 52.2. The molecule has 0 aromatic heterocycles. The largest absolute Gasteiger partial charge is 0.454 e. The van der Waals surface area contributed by atoms with Crippen LogP contribution in [0, 0.1) is 37.5 Å². The smallest absolute Gasteiger partial charge is 0.329 e. The van der Waals surface area contributed by atoms with Gasteiger partial charge in [0.15, 0.2) is 6.61 Å². The van der Waals surface area contributed by atoms with E-state index in [0.29, 0.717) is 5.69 Å². The number of benzene rings is 1. The second kappa shape index (κ2) is 8.31. The van der Waals surface area contributed by atoms with Crippen LogP contribution in [0.4, 0.5) is 5.69 Å². The Hall–Kier alpha value is -1.74. The minimum Gasteiger partial charge on any atom is -0.454 e. The number of likely N-dealkylation sites (tertiary alicyclic amines) is 1. The molecule has 0 unspecified atom stereocenters. The number of hydrogen-bond acceptors (Lipinski definition) is 5. The van der Waals surface area contributed by atoms with Crippen LogP contribution < -0.4 is 5.32 Å². The molecule has 2 bridgehead atoms. The van der Waals surface area contributed by atoms with Crippen molar-refractivity contribution < 1.29 is 23.9 Å². The summed E-state index contributed by atoms with van der Waals surface area (Å²) in [5.74, 6) is -2.49. The fourth-order valence-electron chi connectivity index (χ4n) is 5.30. The lowest BCUT2D eigenvalue weighted by molar-refractivity contribution is -0.159. The molecule has 3 aliphatic rings. The predicted molar refractivity (Wildman–Crippen MR) is 121 cm³/mol. The van der Waals surface area contributed by atoms with Crippen molar-refractivity contribution in [2.24, 2.45) is 23.7 Å². The predicted octanol–water partition coefficient (Wildman–Crippen LogP) is 2.95. The second-order valence-corrected chi connectivity index (χ2v) is 10.8. The molecular formula is C22H24Br2N2O5. The van der Waals surface area contributed by atoms with Crippen molar-refractivity contribution in [3.63, 3.8) is 0 Å². The average molecular weight is 556 g/mol. The SMILES string of the molecule is Cc1cccc(C)c1NC(=O)COC(=O)[C@H](C)N1C(=O)[C@@H]2[C@H]3C[C@@H]([C@H](Br)[C@H]3Br)[C@@H]2C1=O. The highest BCUT2D eigenvalue weighted by atomic mass is 79.9. The molecule has 0 spiro atoms. The lowest BCUT2D eigenvalue weighted by atomic mass is 9.81. The third-order valence-electron chi connectivity index (χ3n) is 6.84. The van der Waals surface area contributed by atoms with E-state index in [-0.39, 0.29) is 33.3 Å². The van der Waals surface area contributed by atoms with Crippen molar-refractivity contribution in [1.82, 2.24) is 4.90 Å². The summed E-state index contributed by atoms with van der Waals surface area (Å²) >= 11 is 7.29. The molecule has 3 amide bonds. The minimum atomic E-state index is -1.07. The van der Waals surface area contributed by atoms with Gasteiger partial charge in [-0.2, -0.15) is 0 Å². The van der Waals surface area contributed by atoms with Crippen molar-refractivity contribution in [3.05, 3.63) is 29.3 Å². The Labute approximate surface area is 197 Å². The summed E-state index contributed by atoms with van der Waals surface area (Å²) in [6, 6.07) is 4.57. The van der Waals surface area contributed by atoms with Crippen molar-refractivity contribution in [2.75, 3.05) is 11.9 Å². The first-order chi connectivity index (χ1) is 14.6. The first-order valence-corrected chi connectivity index (χ1v) is 12.1. The monoisotopic (exact) mass is 554 g/mol. The fraction of sp³-hybridized carbons (Fsp3) is 0.545. The number of anilines is 1. The van der Waals surface area contributed by atoms with E-state index >= 15 is 0 Å². The number of esters is 1. The van der Waals surface area contributed by atoms with E-state index in [2.05, 4.69) is 37.2 Å². The van der Waals surface area contributed by atoms with Crippen LogP contribution in [-0.2, 0) is 23.9 Å². The van der Waals surface area contributed by atoms with Crippen LogP contribution in [0.2, 0.25) is 0 Å². The molecule has 2 saturated carbocycles. The van der Waals surface area contributed by atoms with Crippen molar-refractivity contribution in [2.45, 2.75) is 42.9 Å². The van der Waals surface area contributed by atoms with Crippen LogP contribution in [0.5, 0.6) is 0 Å². The van der Waals surface area contributed by atoms with Gasteiger partial charge in [0.25, 0.3) is 5.91 Å². The summed E-state index contributed by atoms with van der Waals surface area (Å²) in [6.07, 6.45) is 0.823. The maximum Gasteiger partial charge on any atom is 0.329 e. The fourth-order valence-corrected chi connectivity index (χ4v) is 7.18. The molecule has 2 aliphatic carbocycles. The summed E-state index contributed by atoms with van der Waals surface area (Å²) in [5.41, 5.74) is 2.48. The number of alkyl halides is 2. The van der Waals surface area contributed by atoms with Crippen LogP contribution in [0.1, 0.15) is 24.5 Å². The maximum absolute atomic E-state index is 13.0. The van der Waals surface area contributed by atoms with Crippen LogP contribution in [-0.4, -0.2) is 50.9 Å². The van der Waals surface area contributed by atoms with Gasteiger partial charge in [0.1, 0.15) is 6.04 Å². The second-order valence-electron chi connectivity index (χ2n) is 8.65. The number of fused-ring (bicyclic) bond motifs is 5. The van der Waals surface area contributed by atoms with Gasteiger partial charge in [0.05, 0.1) is 11.8 Å². The highest BCUT2D eigenvalue weighted by Crippen LogP contribution is 2.60. The van der Waals surface area contributed by atoms with E-state index in [9.17, 15) is 19.2 Å². The van der Waals surface area contributed by atoms with Gasteiger partial charge in [0.2, 0.25) is 11.8 Å².